The Morgan fingerprint density at radius 3 is 2.33 bits per heavy atom. The van der Waals surface area contributed by atoms with Crippen LogP contribution in [-0.4, -0.2) is 26.6 Å². The Labute approximate surface area is 98.5 Å². The van der Waals surface area contributed by atoms with Crippen molar-refractivity contribution >= 4 is 15.9 Å². The summed E-state index contributed by atoms with van der Waals surface area (Å²) in [5.41, 5.74) is 0. The Kier molecular flexibility index (Phi) is 4.57. The van der Waals surface area contributed by atoms with Gasteiger partial charge in [0.25, 0.3) is 0 Å². The van der Waals surface area contributed by atoms with Crippen molar-refractivity contribution in [2.45, 2.75) is 12.7 Å². The number of benzene rings is 1. The molecule has 3 nitrogen and oxygen atoms in total. The third kappa shape index (κ3) is 3.48. The molecule has 1 aromatic rings. The van der Waals surface area contributed by atoms with Gasteiger partial charge in [0.15, 0.2) is 5.79 Å². The minimum atomic E-state index is -0.713. The molecule has 0 aliphatic rings. The Balaban J connectivity index is 2.61. The fourth-order valence-electron chi connectivity index (χ4n) is 0.972. The topological polar surface area (TPSA) is 27.7 Å². The summed E-state index contributed by atoms with van der Waals surface area (Å²) in [7, 11) is 3.18. The van der Waals surface area contributed by atoms with Gasteiger partial charge < -0.3 is 14.2 Å². The highest BCUT2D eigenvalue weighted by atomic mass is 79.9. The summed E-state index contributed by atoms with van der Waals surface area (Å²) in [4.78, 5) is 0. The van der Waals surface area contributed by atoms with Crippen LogP contribution in [0.5, 0.6) is 5.75 Å². The number of para-hydroxylation sites is 1. The molecule has 0 spiro atoms. The maximum atomic E-state index is 5.59. The van der Waals surface area contributed by atoms with Crippen molar-refractivity contribution < 1.29 is 14.2 Å². The largest absolute Gasteiger partial charge is 0.487 e. The molecule has 0 heterocycles. The molecule has 0 atom stereocenters. The van der Waals surface area contributed by atoms with E-state index < -0.39 is 5.79 Å². The summed E-state index contributed by atoms with van der Waals surface area (Å²) in [5.74, 6) is 0.0627. The molecular weight excluding hydrogens is 260 g/mol. The van der Waals surface area contributed by atoms with Crippen LogP contribution in [0.15, 0.2) is 28.7 Å². The summed E-state index contributed by atoms with van der Waals surface area (Å²) in [5, 5.41) is 0. The van der Waals surface area contributed by atoms with Gasteiger partial charge in [-0.2, -0.15) is 0 Å². The molecule has 0 aromatic heterocycles. The van der Waals surface area contributed by atoms with E-state index in [1.165, 1.54) is 0 Å². The first-order valence-electron chi connectivity index (χ1n) is 4.59. The van der Waals surface area contributed by atoms with Gasteiger partial charge in [-0.3, -0.25) is 0 Å². The molecule has 1 aromatic carbocycles. The Bertz CT molecular complexity index is 310. The van der Waals surface area contributed by atoms with Crippen molar-refractivity contribution in [2.24, 2.45) is 0 Å². The maximum Gasteiger partial charge on any atom is 0.199 e. The molecule has 0 saturated heterocycles. The monoisotopic (exact) mass is 274 g/mol. The van der Waals surface area contributed by atoms with Crippen LogP contribution >= 0.6 is 15.9 Å². The Morgan fingerprint density at radius 2 is 1.80 bits per heavy atom. The van der Waals surface area contributed by atoms with Gasteiger partial charge in [0, 0.05) is 14.2 Å². The van der Waals surface area contributed by atoms with Gasteiger partial charge in [-0.1, -0.05) is 12.1 Å². The highest BCUT2D eigenvalue weighted by Crippen LogP contribution is 2.25. The SMILES string of the molecule is COC(C)(COc1ccccc1Br)OC. The van der Waals surface area contributed by atoms with Gasteiger partial charge in [0.05, 0.1) is 4.47 Å². The first-order chi connectivity index (χ1) is 7.11. The first kappa shape index (κ1) is 12.5. The van der Waals surface area contributed by atoms with Crippen LogP contribution < -0.4 is 4.74 Å². The number of methoxy groups -OCH3 is 2. The van der Waals surface area contributed by atoms with Crippen molar-refractivity contribution in [1.29, 1.82) is 0 Å². The van der Waals surface area contributed by atoms with Gasteiger partial charge in [0.1, 0.15) is 12.4 Å². The molecule has 0 saturated carbocycles. The molecule has 0 bridgehead atoms. The predicted octanol–water partition coefficient (Wildman–Crippen LogP) is 2.84. The van der Waals surface area contributed by atoms with Gasteiger partial charge >= 0.3 is 0 Å². The quantitative estimate of drug-likeness (QED) is 0.773. The summed E-state index contributed by atoms with van der Waals surface area (Å²) in [6.45, 7) is 2.16. The molecule has 4 heteroatoms. The lowest BCUT2D eigenvalue weighted by Gasteiger charge is -2.26. The summed E-state index contributed by atoms with van der Waals surface area (Å²) in [6.07, 6.45) is 0. The van der Waals surface area contributed by atoms with E-state index in [0.29, 0.717) is 6.61 Å². The molecule has 1 rings (SSSR count). The van der Waals surface area contributed by atoms with Crippen LogP contribution in [0, 0.1) is 0 Å². The maximum absolute atomic E-state index is 5.59. The second kappa shape index (κ2) is 5.49. The molecule has 0 radical (unpaired) electrons. The van der Waals surface area contributed by atoms with E-state index in [-0.39, 0.29) is 0 Å². The first-order valence-corrected chi connectivity index (χ1v) is 5.38. The standard InChI is InChI=1S/C11H15BrO3/c1-11(13-2,14-3)8-15-10-7-5-4-6-9(10)12/h4-7H,8H2,1-3H3. The van der Waals surface area contributed by atoms with E-state index in [0.717, 1.165) is 10.2 Å². The zero-order valence-corrected chi connectivity index (χ0v) is 10.7. The zero-order chi connectivity index (χ0) is 11.3. The lowest BCUT2D eigenvalue weighted by Crippen LogP contribution is -2.36. The summed E-state index contributed by atoms with van der Waals surface area (Å²) < 4.78 is 16.9. The fraction of sp³-hybridized carbons (Fsp3) is 0.455. The molecule has 0 N–H and O–H groups in total. The number of hydrogen-bond acceptors (Lipinski definition) is 3. The van der Waals surface area contributed by atoms with Crippen molar-refractivity contribution in [3.05, 3.63) is 28.7 Å². The lowest BCUT2D eigenvalue weighted by atomic mass is 10.3. The van der Waals surface area contributed by atoms with Crippen LogP contribution in [0.3, 0.4) is 0 Å². The second-order valence-corrected chi connectivity index (χ2v) is 4.12. The third-order valence-electron chi connectivity index (χ3n) is 2.19. The molecule has 0 amide bonds. The van der Waals surface area contributed by atoms with Crippen molar-refractivity contribution in [1.82, 2.24) is 0 Å². The van der Waals surface area contributed by atoms with Crippen molar-refractivity contribution in [3.8, 4) is 5.75 Å². The lowest BCUT2D eigenvalue weighted by molar-refractivity contribution is -0.209. The highest BCUT2D eigenvalue weighted by Gasteiger charge is 2.23. The van der Waals surface area contributed by atoms with Crippen LogP contribution in [0.4, 0.5) is 0 Å². The predicted molar refractivity (Wildman–Crippen MR) is 62.1 cm³/mol. The Hall–Kier alpha value is -0.580. The van der Waals surface area contributed by atoms with E-state index in [1.54, 1.807) is 14.2 Å². The van der Waals surface area contributed by atoms with E-state index in [4.69, 9.17) is 14.2 Å². The number of rotatable bonds is 5. The summed E-state index contributed by atoms with van der Waals surface area (Å²) in [6, 6.07) is 7.65. The number of hydrogen-bond donors (Lipinski definition) is 0. The zero-order valence-electron chi connectivity index (χ0n) is 9.12. The molecule has 0 fully saturated rings. The van der Waals surface area contributed by atoms with Crippen LogP contribution in [-0.2, 0) is 9.47 Å². The molecule has 15 heavy (non-hydrogen) atoms. The number of halogens is 1. The fourth-order valence-corrected chi connectivity index (χ4v) is 1.37. The van der Waals surface area contributed by atoms with E-state index in [2.05, 4.69) is 15.9 Å². The van der Waals surface area contributed by atoms with Crippen molar-refractivity contribution in [2.75, 3.05) is 20.8 Å². The molecule has 0 unspecified atom stereocenters. The van der Waals surface area contributed by atoms with E-state index in [1.807, 2.05) is 31.2 Å². The molecule has 0 aliphatic heterocycles. The van der Waals surface area contributed by atoms with Gasteiger partial charge in [-0.15, -0.1) is 0 Å². The van der Waals surface area contributed by atoms with Gasteiger partial charge in [-0.05, 0) is 35.0 Å². The van der Waals surface area contributed by atoms with Crippen LogP contribution in [0.2, 0.25) is 0 Å². The average molecular weight is 275 g/mol. The molecule has 84 valence electrons. The summed E-state index contributed by atoms with van der Waals surface area (Å²) >= 11 is 3.40. The van der Waals surface area contributed by atoms with Crippen molar-refractivity contribution in [3.63, 3.8) is 0 Å². The van der Waals surface area contributed by atoms with E-state index >= 15 is 0 Å². The van der Waals surface area contributed by atoms with Gasteiger partial charge in [0.2, 0.25) is 0 Å². The number of ether oxygens (including phenoxy) is 3. The third-order valence-corrected chi connectivity index (χ3v) is 2.85. The highest BCUT2D eigenvalue weighted by molar-refractivity contribution is 9.10. The minimum Gasteiger partial charge on any atom is -0.487 e. The Morgan fingerprint density at radius 1 is 1.20 bits per heavy atom. The van der Waals surface area contributed by atoms with Gasteiger partial charge in [-0.25, -0.2) is 0 Å². The second-order valence-electron chi connectivity index (χ2n) is 3.26. The minimum absolute atomic E-state index is 0.336. The molecule has 0 aliphatic carbocycles. The normalized spacial score (nSPS) is 11.5. The van der Waals surface area contributed by atoms with Crippen LogP contribution in [0.25, 0.3) is 0 Å². The van der Waals surface area contributed by atoms with E-state index in [9.17, 15) is 0 Å². The average Bonchev–Trinajstić information content (AvgIpc) is 2.28. The smallest absolute Gasteiger partial charge is 0.199 e. The van der Waals surface area contributed by atoms with Crippen LogP contribution in [0.1, 0.15) is 6.92 Å². The molecular formula is C11H15BrO3.